The zero-order valence-corrected chi connectivity index (χ0v) is 6.94. The van der Waals surface area contributed by atoms with E-state index in [1.54, 1.807) is 12.1 Å². The fourth-order valence-corrected chi connectivity index (χ4v) is 1.18. The largest absolute Gasteiger partial charge is 0.220 e. The van der Waals surface area contributed by atoms with Gasteiger partial charge in [-0.05, 0) is 12.1 Å². The second kappa shape index (κ2) is 3.35. The van der Waals surface area contributed by atoms with Crippen molar-refractivity contribution in [2.75, 3.05) is 0 Å². The van der Waals surface area contributed by atoms with Crippen LogP contribution >= 0.6 is 0 Å². The molecular weight excluding hydrogens is 165 g/mol. The van der Waals surface area contributed by atoms with Gasteiger partial charge in [0, 0.05) is 5.56 Å². The van der Waals surface area contributed by atoms with Crippen LogP contribution in [-0.2, 0) is 0 Å². The summed E-state index contributed by atoms with van der Waals surface area (Å²) in [5.74, 6) is -0.443. The summed E-state index contributed by atoms with van der Waals surface area (Å²) >= 11 is 0. The van der Waals surface area contributed by atoms with Crippen molar-refractivity contribution >= 4 is 0 Å². The van der Waals surface area contributed by atoms with Crippen molar-refractivity contribution in [3.8, 4) is 11.3 Å². The lowest BCUT2D eigenvalue weighted by Gasteiger charge is -1.98. The van der Waals surface area contributed by atoms with Gasteiger partial charge in [-0.25, -0.2) is 4.98 Å². The van der Waals surface area contributed by atoms with Crippen LogP contribution < -0.4 is 0 Å². The van der Waals surface area contributed by atoms with Gasteiger partial charge in [-0.15, -0.1) is 0 Å². The van der Waals surface area contributed by atoms with Gasteiger partial charge < -0.3 is 0 Å². The smallest absolute Gasteiger partial charge is 0.213 e. The van der Waals surface area contributed by atoms with E-state index in [9.17, 15) is 4.39 Å². The SMILES string of the molecule is Fc1cccc(-c2ccccc2)n1. The predicted molar refractivity (Wildman–Crippen MR) is 49.6 cm³/mol. The van der Waals surface area contributed by atoms with Crippen LogP contribution in [0.5, 0.6) is 0 Å². The topological polar surface area (TPSA) is 12.9 Å². The Bertz CT molecular complexity index is 398. The van der Waals surface area contributed by atoms with Gasteiger partial charge >= 0.3 is 0 Å². The number of pyridine rings is 1. The van der Waals surface area contributed by atoms with Gasteiger partial charge in [0.2, 0.25) is 5.95 Å². The average molecular weight is 173 g/mol. The highest BCUT2D eigenvalue weighted by Crippen LogP contribution is 2.15. The molecule has 1 aromatic carbocycles. The molecule has 0 spiro atoms. The Hall–Kier alpha value is -1.70. The number of halogens is 1. The second-order valence-electron chi connectivity index (χ2n) is 2.71. The monoisotopic (exact) mass is 173 g/mol. The van der Waals surface area contributed by atoms with E-state index in [0.29, 0.717) is 5.69 Å². The Kier molecular flexibility index (Phi) is 2.04. The third-order valence-electron chi connectivity index (χ3n) is 1.78. The molecule has 1 heterocycles. The third-order valence-corrected chi connectivity index (χ3v) is 1.78. The molecule has 0 N–H and O–H groups in total. The maximum Gasteiger partial charge on any atom is 0.213 e. The van der Waals surface area contributed by atoms with Crippen LogP contribution in [0.2, 0.25) is 0 Å². The predicted octanol–water partition coefficient (Wildman–Crippen LogP) is 2.89. The van der Waals surface area contributed by atoms with Gasteiger partial charge in [-0.3, -0.25) is 0 Å². The van der Waals surface area contributed by atoms with E-state index < -0.39 is 5.95 Å². The molecule has 1 nitrogen and oxygen atoms in total. The Balaban J connectivity index is 2.48. The third kappa shape index (κ3) is 1.72. The van der Waals surface area contributed by atoms with Gasteiger partial charge in [0.05, 0.1) is 5.69 Å². The lowest BCUT2D eigenvalue weighted by atomic mass is 10.1. The minimum atomic E-state index is -0.443. The summed E-state index contributed by atoms with van der Waals surface area (Å²) in [5, 5.41) is 0. The molecule has 2 heteroatoms. The van der Waals surface area contributed by atoms with Crippen molar-refractivity contribution in [3.63, 3.8) is 0 Å². The Morgan fingerprint density at radius 2 is 1.62 bits per heavy atom. The van der Waals surface area contributed by atoms with Gasteiger partial charge in [-0.1, -0.05) is 36.4 Å². The summed E-state index contributed by atoms with van der Waals surface area (Å²) in [6, 6.07) is 14.3. The summed E-state index contributed by atoms with van der Waals surface area (Å²) in [6.45, 7) is 0. The van der Waals surface area contributed by atoms with Crippen molar-refractivity contribution in [3.05, 3.63) is 54.5 Å². The fourth-order valence-electron chi connectivity index (χ4n) is 1.18. The van der Waals surface area contributed by atoms with E-state index in [-0.39, 0.29) is 0 Å². The van der Waals surface area contributed by atoms with Gasteiger partial charge in [0.1, 0.15) is 0 Å². The summed E-state index contributed by atoms with van der Waals surface area (Å²) in [6.07, 6.45) is 0. The number of nitrogens with zero attached hydrogens (tertiary/aromatic N) is 1. The maximum absolute atomic E-state index is 12.7. The van der Waals surface area contributed by atoms with E-state index in [4.69, 9.17) is 0 Å². The highest BCUT2D eigenvalue weighted by atomic mass is 19.1. The Labute approximate surface area is 75.9 Å². The molecule has 0 radical (unpaired) electrons. The molecule has 2 rings (SSSR count). The van der Waals surface area contributed by atoms with Gasteiger partial charge in [0.25, 0.3) is 0 Å². The first-order valence-corrected chi connectivity index (χ1v) is 4.04. The van der Waals surface area contributed by atoms with E-state index in [2.05, 4.69) is 4.98 Å². The minimum Gasteiger partial charge on any atom is -0.220 e. The molecule has 0 saturated carbocycles. The number of rotatable bonds is 1. The van der Waals surface area contributed by atoms with Gasteiger partial charge in [0.15, 0.2) is 0 Å². The minimum absolute atomic E-state index is 0.443. The van der Waals surface area contributed by atoms with E-state index in [0.717, 1.165) is 5.56 Å². The summed E-state index contributed by atoms with van der Waals surface area (Å²) in [7, 11) is 0. The summed E-state index contributed by atoms with van der Waals surface area (Å²) in [4.78, 5) is 3.78. The van der Waals surface area contributed by atoms with Crippen molar-refractivity contribution in [1.29, 1.82) is 0 Å². The molecule has 0 saturated heterocycles. The average Bonchev–Trinajstić information content (AvgIpc) is 2.19. The quantitative estimate of drug-likeness (QED) is 0.604. The number of hydrogen-bond acceptors (Lipinski definition) is 1. The molecule has 0 aliphatic heterocycles. The van der Waals surface area contributed by atoms with Gasteiger partial charge in [-0.2, -0.15) is 4.39 Å². The number of hydrogen-bond donors (Lipinski definition) is 0. The van der Waals surface area contributed by atoms with E-state index in [1.807, 2.05) is 30.3 Å². The lowest BCUT2D eigenvalue weighted by Crippen LogP contribution is -1.85. The summed E-state index contributed by atoms with van der Waals surface area (Å²) < 4.78 is 12.7. The molecule has 0 bridgehead atoms. The molecule has 0 unspecified atom stereocenters. The van der Waals surface area contributed by atoms with E-state index >= 15 is 0 Å². The second-order valence-corrected chi connectivity index (χ2v) is 2.71. The van der Waals surface area contributed by atoms with E-state index in [1.165, 1.54) is 6.07 Å². The van der Waals surface area contributed by atoms with Crippen LogP contribution in [0.4, 0.5) is 4.39 Å². The zero-order valence-electron chi connectivity index (χ0n) is 6.94. The number of benzene rings is 1. The van der Waals surface area contributed by atoms with Crippen molar-refractivity contribution in [2.24, 2.45) is 0 Å². The highest BCUT2D eigenvalue weighted by molar-refractivity contribution is 5.58. The molecule has 13 heavy (non-hydrogen) atoms. The molecule has 0 atom stereocenters. The van der Waals surface area contributed by atoms with Crippen molar-refractivity contribution < 1.29 is 4.39 Å². The fraction of sp³-hybridized carbons (Fsp3) is 0. The normalized spacial score (nSPS) is 9.92. The zero-order chi connectivity index (χ0) is 9.10. The molecule has 0 aliphatic carbocycles. The lowest BCUT2D eigenvalue weighted by molar-refractivity contribution is 0.585. The number of aromatic nitrogens is 1. The molecule has 64 valence electrons. The Morgan fingerprint density at radius 1 is 0.846 bits per heavy atom. The standard InChI is InChI=1S/C11H8FN/c12-11-8-4-7-10(13-11)9-5-2-1-3-6-9/h1-8H. The van der Waals surface area contributed by atoms with Crippen LogP contribution in [0, 0.1) is 5.95 Å². The summed E-state index contributed by atoms with van der Waals surface area (Å²) in [5.41, 5.74) is 1.60. The Morgan fingerprint density at radius 3 is 2.31 bits per heavy atom. The van der Waals surface area contributed by atoms with Crippen LogP contribution in [-0.4, -0.2) is 4.98 Å². The van der Waals surface area contributed by atoms with Crippen molar-refractivity contribution in [2.45, 2.75) is 0 Å². The molecule has 1 aromatic heterocycles. The molecule has 2 aromatic rings. The van der Waals surface area contributed by atoms with Crippen LogP contribution in [0.15, 0.2) is 48.5 Å². The first-order chi connectivity index (χ1) is 6.36. The van der Waals surface area contributed by atoms with Crippen molar-refractivity contribution in [1.82, 2.24) is 4.98 Å². The molecule has 0 fully saturated rings. The molecular formula is C11H8FN. The highest BCUT2D eigenvalue weighted by Gasteiger charge is 1.98. The maximum atomic E-state index is 12.7. The first-order valence-electron chi connectivity index (χ1n) is 4.04. The molecule has 0 aliphatic rings. The molecule has 0 amide bonds. The van der Waals surface area contributed by atoms with Crippen LogP contribution in [0.1, 0.15) is 0 Å². The first kappa shape index (κ1) is 7.92. The van der Waals surface area contributed by atoms with Crippen LogP contribution in [0.25, 0.3) is 11.3 Å². The van der Waals surface area contributed by atoms with Crippen LogP contribution in [0.3, 0.4) is 0 Å².